The lowest BCUT2D eigenvalue weighted by molar-refractivity contribution is -0.115. The van der Waals surface area contributed by atoms with Crippen LogP contribution in [0.4, 0.5) is 5.69 Å². The molecule has 1 rings (SSSR count). The summed E-state index contributed by atoms with van der Waals surface area (Å²) in [5.74, 6) is -0.0714. The zero-order valence-electron chi connectivity index (χ0n) is 8.23. The molecule has 0 aliphatic heterocycles. The third-order valence-electron chi connectivity index (χ3n) is 1.81. The van der Waals surface area contributed by atoms with Gasteiger partial charge in [0.05, 0.1) is 6.54 Å². The predicted molar refractivity (Wildman–Crippen MR) is 58.7 cm³/mol. The summed E-state index contributed by atoms with van der Waals surface area (Å²) in [6.45, 7) is 2.22. The number of rotatable bonds is 3. The van der Waals surface area contributed by atoms with Crippen molar-refractivity contribution in [3.05, 3.63) is 28.8 Å². The molecule has 0 heterocycles. The van der Waals surface area contributed by atoms with Gasteiger partial charge in [-0.05, 0) is 31.7 Å². The first-order chi connectivity index (χ1) is 6.63. The van der Waals surface area contributed by atoms with Crippen molar-refractivity contribution in [3.8, 4) is 0 Å². The number of carbonyl (C=O) groups excluding carboxylic acids is 1. The monoisotopic (exact) mass is 212 g/mol. The molecular weight excluding hydrogens is 200 g/mol. The molecule has 3 nitrogen and oxygen atoms in total. The van der Waals surface area contributed by atoms with Gasteiger partial charge in [-0.2, -0.15) is 0 Å². The van der Waals surface area contributed by atoms with Crippen LogP contribution in [-0.4, -0.2) is 19.5 Å². The molecule has 1 aromatic rings. The number of carbonyl (C=O) groups is 1. The largest absolute Gasteiger partial charge is 0.325 e. The van der Waals surface area contributed by atoms with E-state index in [9.17, 15) is 4.79 Å². The van der Waals surface area contributed by atoms with Crippen LogP contribution >= 0.6 is 11.6 Å². The molecule has 1 amide bonds. The summed E-state index contributed by atoms with van der Waals surface area (Å²) in [7, 11) is 1.73. The van der Waals surface area contributed by atoms with Gasteiger partial charge in [-0.1, -0.05) is 17.7 Å². The third-order valence-corrected chi connectivity index (χ3v) is 2.05. The number of aryl methyl sites for hydroxylation is 1. The van der Waals surface area contributed by atoms with Crippen molar-refractivity contribution in [3.63, 3.8) is 0 Å². The Kier molecular flexibility index (Phi) is 3.92. The minimum atomic E-state index is -0.0714. The number of likely N-dealkylation sites (N-methyl/N-ethyl adjacent to an activating group) is 1. The molecule has 0 atom stereocenters. The molecule has 0 fully saturated rings. The predicted octanol–water partition coefficient (Wildman–Crippen LogP) is 1.81. The van der Waals surface area contributed by atoms with Gasteiger partial charge in [0.2, 0.25) is 5.91 Å². The number of hydrogen-bond donors (Lipinski definition) is 2. The fourth-order valence-corrected chi connectivity index (χ4v) is 1.26. The zero-order valence-corrected chi connectivity index (χ0v) is 8.98. The number of benzene rings is 1. The fraction of sp³-hybridized carbons (Fsp3) is 0.300. The molecular formula is C10H13ClN2O. The van der Waals surface area contributed by atoms with Crippen LogP contribution in [0, 0.1) is 6.92 Å². The first-order valence-corrected chi connectivity index (χ1v) is 4.72. The van der Waals surface area contributed by atoms with E-state index in [1.807, 2.05) is 13.0 Å². The Morgan fingerprint density at radius 1 is 1.50 bits per heavy atom. The van der Waals surface area contributed by atoms with Crippen LogP contribution in [-0.2, 0) is 4.79 Å². The molecule has 0 bridgehead atoms. The normalized spacial score (nSPS) is 9.93. The Morgan fingerprint density at radius 3 is 2.86 bits per heavy atom. The summed E-state index contributed by atoms with van der Waals surface area (Å²) in [6, 6.07) is 5.41. The number of anilines is 1. The van der Waals surface area contributed by atoms with E-state index in [0.29, 0.717) is 11.6 Å². The molecule has 14 heavy (non-hydrogen) atoms. The topological polar surface area (TPSA) is 41.1 Å². The minimum absolute atomic E-state index is 0.0714. The van der Waals surface area contributed by atoms with Crippen LogP contribution in [0.3, 0.4) is 0 Å². The highest BCUT2D eigenvalue weighted by Gasteiger charge is 2.03. The van der Waals surface area contributed by atoms with Gasteiger partial charge in [-0.25, -0.2) is 0 Å². The minimum Gasteiger partial charge on any atom is -0.325 e. The van der Waals surface area contributed by atoms with E-state index < -0.39 is 0 Å². The number of hydrogen-bond acceptors (Lipinski definition) is 2. The molecule has 0 saturated heterocycles. The smallest absolute Gasteiger partial charge is 0.238 e. The Hall–Kier alpha value is -1.06. The highest BCUT2D eigenvalue weighted by Crippen LogP contribution is 2.19. The Balaban J connectivity index is 2.75. The third kappa shape index (κ3) is 3.01. The van der Waals surface area contributed by atoms with E-state index in [-0.39, 0.29) is 5.91 Å². The van der Waals surface area contributed by atoms with E-state index in [1.165, 1.54) is 0 Å². The SMILES string of the molecule is CNCC(=O)Nc1cc(Cl)ccc1C. The van der Waals surface area contributed by atoms with E-state index in [4.69, 9.17) is 11.6 Å². The lowest BCUT2D eigenvalue weighted by Gasteiger charge is -2.08. The van der Waals surface area contributed by atoms with Gasteiger partial charge in [-0.3, -0.25) is 4.79 Å². The van der Waals surface area contributed by atoms with Crippen LogP contribution in [0.5, 0.6) is 0 Å². The van der Waals surface area contributed by atoms with Crippen molar-refractivity contribution in [1.82, 2.24) is 5.32 Å². The summed E-state index contributed by atoms with van der Waals surface area (Å²) in [5, 5.41) is 6.16. The van der Waals surface area contributed by atoms with Gasteiger partial charge >= 0.3 is 0 Å². The lowest BCUT2D eigenvalue weighted by atomic mass is 10.2. The molecule has 1 aromatic carbocycles. The number of halogens is 1. The second-order valence-corrected chi connectivity index (χ2v) is 3.47. The highest BCUT2D eigenvalue weighted by molar-refractivity contribution is 6.31. The second kappa shape index (κ2) is 4.98. The van der Waals surface area contributed by atoms with Gasteiger partial charge in [0, 0.05) is 10.7 Å². The Morgan fingerprint density at radius 2 is 2.21 bits per heavy atom. The van der Waals surface area contributed by atoms with Crippen LogP contribution in [0.1, 0.15) is 5.56 Å². The van der Waals surface area contributed by atoms with Crippen molar-refractivity contribution in [1.29, 1.82) is 0 Å². The van der Waals surface area contributed by atoms with Crippen LogP contribution in [0.25, 0.3) is 0 Å². The summed E-state index contributed by atoms with van der Waals surface area (Å²) in [6.07, 6.45) is 0. The van der Waals surface area contributed by atoms with Crippen molar-refractivity contribution in [2.45, 2.75) is 6.92 Å². The molecule has 0 spiro atoms. The zero-order chi connectivity index (χ0) is 10.6. The maximum absolute atomic E-state index is 11.3. The number of amides is 1. The standard InChI is InChI=1S/C10H13ClN2O/c1-7-3-4-8(11)5-9(7)13-10(14)6-12-2/h3-5,12H,6H2,1-2H3,(H,13,14). The average molecular weight is 213 g/mol. The molecule has 2 N–H and O–H groups in total. The summed E-state index contributed by atoms with van der Waals surface area (Å²) in [5.41, 5.74) is 1.76. The van der Waals surface area contributed by atoms with Crippen LogP contribution in [0.2, 0.25) is 5.02 Å². The van der Waals surface area contributed by atoms with E-state index >= 15 is 0 Å². The van der Waals surface area contributed by atoms with Crippen molar-refractivity contribution in [2.24, 2.45) is 0 Å². The number of nitrogens with one attached hydrogen (secondary N) is 2. The van der Waals surface area contributed by atoms with Crippen LogP contribution in [0.15, 0.2) is 18.2 Å². The first-order valence-electron chi connectivity index (χ1n) is 4.34. The lowest BCUT2D eigenvalue weighted by Crippen LogP contribution is -2.25. The van der Waals surface area contributed by atoms with Gasteiger partial charge in [0.1, 0.15) is 0 Å². The maximum atomic E-state index is 11.3. The quantitative estimate of drug-likeness (QED) is 0.803. The van der Waals surface area contributed by atoms with Crippen LogP contribution < -0.4 is 10.6 Å². The van der Waals surface area contributed by atoms with Gasteiger partial charge < -0.3 is 10.6 Å². The summed E-state index contributed by atoms with van der Waals surface area (Å²) >= 11 is 5.81. The molecule has 76 valence electrons. The van der Waals surface area contributed by atoms with Gasteiger partial charge in [0.25, 0.3) is 0 Å². The van der Waals surface area contributed by atoms with E-state index in [0.717, 1.165) is 11.3 Å². The van der Waals surface area contributed by atoms with Crippen molar-refractivity contribution >= 4 is 23.2 Å². The van der Waals surface area contributed by atoms with E-state index in [1.54, 1.807) is 19.2 Å². The van der Waals surface area contributed by atoms with Crippen molar-refractivity contribution in [2.75, 3.05) is 18.9 Å². The molecule has 0 unspecified atom stereocenters. The van der Waals surface area contributed by atoms with Gasteiger partial charge in [0.15, 0.2) is 0 Å². The summed E-state index contributed by atoms with van der Waals surface area (Å²) < 4.78 is 0. The Bertz CT molecular complexity index is 339. The fourth-order valence-electron chi connectivity index (χ4n) is 1.08. The molecule has 0 aliphatic rings. The average Bonchev–Trinajstić information content (AvgIpc) is 2.12. The molecule has 4 heteroatoms. The molecule has 0 saturated carbocycles. The Labute approximate surface area is 88.5 Å². The molecule has 0 aliphatic carbocycles. The van der Waals surface area contributed by atoms with Gasteiger partial charge in [-0.15, -0.1) is 0 Å². The summed E-state index contributed by atoms with van der Waals surface area (Å²) in [4.78, 5) is 11.3. The first kappa shape index (κ1) is 11.0. The second-order valence-electron chi connectivity index (χ2n) is 3.04. The maximum Gasteiger partial charge on any atom is 0.238 e. The van der Waals surface area contributed by atoms with E-state index in [2.05, 4.69) is 10.6 Å². The van der Waals surface area contributed by atoms with Crippen molar-refractivity contribution < 1.29 is 4.79 Å². The molecule has 0 radical (unpaired) electrons. The highest BCUT2D eigenvalue weighted by atomic mass is 35.5. The molecule has 0 aromatic heterocycles.